The van der Waals surface area contributed by atoms with Gasteiger partial charge in [0.25, 0.3) is 0 Å². The first-order valence-corrected chi connectivity index (χ1v) is 4.36. The predicted molar refractivity (Wildman–Crippen MR) is 43.3 cm³/mol. The molecule has 0 N–H and O–H groups in total. The zero-order valence-electron chi connectivity index (χ0n) is 5.27. The zero-order valence-corrected chi connectivity index (χ0v) is 7.61. The molecule has 4 heteroatoms. The van der Waals surface area contributed by atoms with Gasteiger partial charge in [-0.3, -0.25) is 0 Å². The van der Waals surface area contributed by atoms with E-state index in [1.54, 1.807) is 0 Å². The van der Waals surface area contributed by atoms with Crippen molar-refractivity contribution in [3.05, 3.63) is 15.6 Å². The lowest BCUT2D eigenvalue weighted by molar-refractivity contribution is 0.736. The standard InChI is InChI=1S/C6H6BrClN2/c7-5-6(8)9-4-2-1-3-10(4)5/h1-3H2. The molecule has 0 amide bonds. The van der Waals surface area contributed by atoms with Crippen molar-refractivity contribution in [2.24, 2.45) is 0 Å². The molecule has 1 aliphatic rings. The highest BCUT2D eigenvalue weighted by Gasteiger charge is 2.17. The summed E-state index contributed by atoms with van der Waals surface area (Å²) in [5.41, 5.74) is 0. The van der Waals surface area contributed by atoms with Gasteiger partial charge in [-0.25, -0.2) is 4.98 Å². The second kappa shape index (κ2) is 2.24. The van der Waals surface area contributed by atoms with E-state index in [0.717, 1.165) is 23.4 Å². The highest BCUT2D eigenvalue weighted by Crippen LogP contribution is 2.27. The molecule has 1 aliphatic heterocycles. The summed E-state index contributed by atoms with van der Waals surface area (Å²) in [6, 6.07) is 0. The Morgan fingerprint density at radius 2 is 2.40 bits per heavy atom. The van der Waals surface area contributed by atoms with Crippen molar-refractivity contribution in [1.82, 2.24) is 9.55 Å². The Balaban J connectivity index is 2.59. The molecule has 0 aromatic carbocycles. The molecule has 1 aromatic heterocycles. The van der Waals surface area contributed by atoms with Gasteiger partial charge in [0.15, 0.2) is 5.15 Å². The maximum absolute atomic E-state index is 5.77. The number of imidazole rings is 1. The number of aryl methyl sites for hydroxylation is 1. The van der Waals surface area contributed by atoms with Crippen LogP contribution in [0.3, 0.4) is 0 Å². The molecule has 0 fully saturated rings. The number of nitrogens with zero attached hydrogens (tertiary/aromatic N) is 2. The Labute approximate surface area is 72.3 Å². The van der Waals surface area contributed by atoms with Crippen LogP contribution in [-0.2, 0) is 13.0 Å². The summed E-state index contributed by atoms with van der Waals surface area (Å²) in [7, 11) is 0. The maximum atomic E-state index is 5.77. The molecular weight excluding hydrogens is 215 g/mol. The lowest BCUT2D eigenvalue weighted by Gasteiger charge is -1.94. The van der Waals surface area contributed by atoms with Crippen molar-refractivity contribution in [2.75, 3.05) is 0 Å². The minimum atomic E-state index is 0.592. The minimum absolute atomic E-state index is 0.592. The van der Waals surface area contributed by atoms with E-state index in [-0.39, 0.29) is 0 Å². The molecule has 0 aliphatic carbocycles. The summed E-state index contributed by atoms with van der Waals surface area (Å²) in [5, 5.41) is 0.592. The second-order valence-electron chi connectivity index (χ2n) is 2.36. The maximum Gasteiger partial charge on any atom is 0.161 e. The fourth-order valence-corrected chi connectivity index (χ4v) is 1.93. The van der Waals surface area contributed by atoms with Crippen LogP contribution in [0.2, 0.25) is 5.15 Å². The van der Waals surface area contributed by atoms with Crippen molar-refractivity contribution in [1.29, 1.82) is 0 Å². The highest BCUT2D eigenvalue weighted by atomic mass is 79.9. The van der Waals surface area contributed by atoms with Crippen LogP contribution < -0.4 is 0 Å². The van der Waals surface area contributed by atoms with E-state index in [1.807, 2.05) is 0 Å². The van der Waals surface area contributed by atoms with Gasteiger partial charge >= 0.3 is 0 Å². The second-order valence-corrected chi connectivity index (χ2v) is 3.47. The van der Waals surface area contributed by atoms with Gasteiger partial charge in [0, 0.05) is 13.0 Å². The molecule has 0 spiro atoms. The molecular formula is C6H6BrClN2. The van der Waals surface area contributed by atoms with E-state index in [4.69, 9.17) is 11.6 Å². The van der Waals surface area contributed by atoms with Gasteiger partial charge in [-0.15, -0.1) is 0 Å². The summed E-state index contributed by atoms with van der Waals surface area (Å²) in [4.78, 5) is 4.17. The zero-order chi connectivity index (χ0) is 7.14. The van der Waals surface area contributed by atoms with Crippen molar-refractivity contribution in [3.8, 4) is 0 Å². The molecule has 0 atom stereocenters. The lowest BCUT2D eigenvalue weighted by atomic mass is 10.4. The molecule has 0 saturated carbocycles. The fraction of sp³-hybridized carbons (Fsp3) is 0.500. The van der Waals surface area contributed by atoms with E-state index in [1.165, 1.54) is 6.42 Å². The molecule has 0 saturated heterocycles. The van der Waals surface area contributed by atoms with Gasteiger partial charge < -0.3 is 4.57 Å². The van der Waals surface area contributed by atoms with Gasteiger partial charge in [-0.1, -0.05) is 11.6 Å². The SMILES string of the molecule is Clc1nc2n(c1Br)CCC2. The van der Waals surface area contributed by atoms with Crippen molar-refractivity contribution >= 4 is 27.5 Å². The Morgan fingerprint density at radius 3 is 3.10 bits per heavy atom. The molecule has 0 bridgehead atoms. The Bertz CT molecular complexity index is 269. The van der Waals surface area contributed by atoms with Gasteiger partial charge in [0.1, 0.15) is 10.4 Å². The highest BCUT2D eigenvalue weighted by molar-refractivity contribution is 9.10. The van der Waals surface area contributed by atoms with Gasteiger partial charge in [-0.2, -0.15) is 0 Å². The monoisotopic (exact) mass is 220 g/mol. The summed E-state index contributed by atoms with van der Waals surface area (Å²) in [5.74, 6) is 1.11. The number of fused-ring (bicyclic) bond motifs is 1. The molecule has 54 valence electrons. The molecule has 2 rings (SSSR count). The summed E-state index contributed by atoms with van der Waals surface area (Å²) in [6.45, 7) is 1.05. The number of rotatable bonds is 0. The first-order valence-electron chi connectivity index (χ1n) is 3.19. The van der Waals surface area contributed by atoms with Crippen LogP contribution in [0.4, 0.5) is 0 Å². The number of aromatic nitrogens is 2. The third-order valence-corrected chi connectivity index (χ3v) is 3.02. The van der Waals surface area contributed by atoms with Gasteiger partial charge in [0.2, 0.25) is 0 Å². The van der Waals surface area contributed by atoms with Crippen LogP contribution in [0, 0.1) is 0 Å². The number of hydrogen-bond donors (Lipinski definition) is 0. The van der Waals surface area contributed by atoms with Gasteiger partial charge in [0.05, 0.1) is 0 Å². The van der Waals surface area contributed by atoms with Crippen LogP contribution in [0.5, 0.6) is 0 Å². The first kappa shape index (κ1) is 6.68. The molecule has 0 unspecified atom stereocenters. The predicted octanol–water partition coefficient (Wildman–Crippen LogP) is 2.25. The van der Waals surface area contributed by atoms with Crippen LogP contribution in [0.25, 0.3) is 0 Å². The Hall–Kier alpha value is -0.0200. The summed E-state index contributed by atoms with van der Waals surface area (Å²) in [6.07, 6.45) is 2.25. The first-order chi connectivity index (χ1) is 4.79. The molecule has 0 radical (unpaired) electrons. The van der Waals surface area contributed by atoms with E-state index < -0.39 is 0 Å². The molecule has 2 nitrogen and oxygen atoms in total. The number of hydrogen-bond acceptors (Lipinski definition) is 1. The smallest absolute Gasteiger partial charge is 0.161 e. The van der Waals surface area contributed by atoms with E-state index in [2.05, 4.69) is 25.5 Å². The molecule has 10 heavy (non-hydrogen) atoms. The number of halogens is 2. The fourth-order valence-electron chi connectivity index (χ4n) is 1.26. The normalized spacial score (nSPS) is 15.8. The van der Waals surface area contributed by atoms with E-state index >= 15 is 0 Å². The minimum Gasteiger partial charge on any atom is -0.321 e. The third kappa shape index (κ3) is 0.805. The quantitative estimate of drug-likeness (QED) is 0.657. The van der Waals surface area contributed by atoms with Crippen LogP contribution >= 0.6 is 27.5 Å². The Kier molecular flexibility index (Phi) is 1.49. The van der Waals surface area contributed by atoms with Crippen LogP contribution in [0.15, 0.2) is 4.60 Å². The van der Waals surface area contributed by atoms with Gasteiger partial charge in [-0.05, 0) is 22.4 Å². The molecule has 2 heterocycles. The van der Waals surface area contributed by atoms with Crippen molar-refractivity contribution in [3.63, 3.8) is 0 Å². The van der Waals surface area contributed by atoms with Crippen molar-refractivity contribution in [2.45, 2.75) is 19.4 Å². The average molecular weight is 221 g/mol. The topological polar surface area (TPSA) is 17.8 Å². The largest absolute Gasteiger partial charge is 0.321 e. The summed E-state index contributed by atoms with van der Waals surface area (Å²) >= 11 is 9.14. The Morgan fingerprint density at radius 1 is 1.60 bits per heavy atom. The molecule has 1 aromatic rings. The van der Waals surface area contributed by atoms with Crippen LogP contribution in [0.1, 0.15) is 12.2 Å². The average Bonchev–Trinajstić information content (AvgIpc) is 2.41. The van der Waals surface area contributed by atoms with E-state index in [9.17, 15) is 0 Å². The lowest BCUT2D eigenvalue weighted by Crippen LogP contribution is -1.90. The van der Waals surface area contributed by atoms with Crippen molar-refractivity contribution < 1.29 is 0 Å². The van der Waals surface area contributed by atoms with Crippen LogP contribution in [-0.4, -0.2) is 9.55 Å². The van der Waals surface area contributed by atoms with E-state index in [0.29, 0.717) is 5.15 Å². The third-order valence-electron chi connectivity index (χ3n) is 1.73. The summed E-state index contributed by atoms with van der Waals surface area (Å²) < 4.78 is 3.05.